The first-order chi connectivity index (χ1) is 12.0. The fourth-order valence-electron chi connectivity index (χ4n) is 2.08. The van der Waals surface area contributed by atoms with Gasteiger partial charge in [-0.1, -0.05) is 23.9 Å². The van der Waals surface area contributed by atoms with E-state index in [0.29, 0.717) is 27.9 Å². The van der Waals surface area contributed by atoms with Crippen LogP contribution in [0.25, 0.3) is 11.4 Å². The van der Waals surface area contributed by atoms with E-state index in [1.165, 1.54) is 29.3 Å². The Balaban J connectivity index is 2.00. The number of halogens is 1. The van der Waals surface area contributed by atoms with Crippen LogP contribution in [0.2, 0.25) is 0 Å². The van der Waals surface area contributed by atoms with Gasteiger partial charge >= 0.3 is 5.97 Å². The molecule has 2 heterocycles. The molecular formula is C16H13FN4O3S. The largest absolute Gasteiger partial charge is 0.481 e. The minimum Gasteiger partial charge on any atom is -0.481 e. The summed E-state index contributed by atoms with van der Waals surface area (Å²) in [6.07, 6.45) is 2.97. The van der Waals surface area contributed by atoms with E-state index < -0.39 is 5.97 Å². The smallest absolute Gasteiger partial charge is 0.313 e. The van der Waals surface area contributed by atoms with Gasteiger partial charge in [0.2, 0.25) is 5.16 Å². The molecular weight excluding hydrogens is 347 g/mol. The number of aliphatic carboxylic acids is 1. The molecule has 0 saturated carbocycles. The molecule has 2 aromatic heterocycles. The van der Waals surface area contributed by atoms with Crippen LogP contribution in [-0.2, 0) is 4.79 Å². The van der Waals surface area contributed by atoms with E-state index in [1.807, 2.05) is 0 Å². The molecule has 0 aliphatic heterocycles. The molecule has 0 bridgehead atoms. The lowest BCUT2D eigenvalue weighted by atomic mass is 10.2. The summed E-state index contributed by atoms with van der Waals surface area (Å²) in [6, 6.07) is 7.66. The van der Waals surface area contributed by atoms with Crippen LogP contribution in [0.3, 0.4) is 0 Å². The lowest BCUT2D eigenvalue weighted by Gasteiger charge is -2.03. The van der Waals surface area contributed by atoms with Crippen LogP contribution in [0.15, 0.2) is 51.3 Å². The van der Waals surface area contributed by atoms with Gasteiger partial charge in [0.1, 0.15) is 11.6 Å². The third-order valence-electron chi connectivity index (χ3n) is 3.21. The van der Waals surface area contributed by atoms with Crippen LogP contribution in [0.5, 0.6) is 0 Å². The number of nitrogens with zero attached hydrogens (tertiary/aromatic N) is 4. The maximum Gasteiger partial charge on any atom is 0.313 e. The van der Waals surface area contributed by atoms with Gasteiger partial charge in [-0.15, -0.1) is 10.2 Å². The fraction of sp³-hybridized carbons (Fsp3) is 0.125. The lowest BCUT2D eigenvalue weighted by molar-refractivity contribution is -0.133. The van der Waals surface area contributed by atoms with Crippen molar-refractivity contribution in [2.24, 2.45) is 5.10 Å². The summed E-state index contributed by atoms with van der Waals surface area (Å²) >= 11 is 0.989. The van der Waals surface area contributed by atoms with Gasteiger partial charge in [-0.3, -0.25) is 4.79 Å². The van der Waals surface area contributed by atoms with Gasteiger partial charge < -0.3 is 9.52 Å². The van der Waals surface area contributed by atoms with Gasteiger partial charge in [-0.05, 0) is 30.7 Å². The van der Waals surface area contributed by atoms with Crippen molar-refractivity contribution in [2.75, 3.05) is 5.75 Å². The average molecular weight is 360 g/mol. The molecule has 0 spiro atoms. The quantitative estimate of drug-likeness (QED) is 0.536. The summed E-state index contributed by atoms with van der Waals surface area (Å²) in [6.45, 7) is 1.77. The fourth-order valence-corrected chi connectivity index (χ4v) is 2.69. The zero-order valence-electron chi connectivity index (χ0n) is 13.1. The third kappa shape index (κ3) is 3.94. The summed E-state index contributed by atoms with van der Waals surface area (Å²) in [5.41, 5.74) is 1.24. The first kappa shape index (κ1) is 16.9. The normalized spacial score (nSPS) is 11.3. The number of carboxylic acids is 1. The standard InChI is InChI=1S/C16H13FN4O3S/c1-10-13(5-6-24-10)15-19-20-16(25-9-14(22)23)21(15)18-8-11-3-2-4-12(17)7-11/h2-8H,9H2,1H3,(H,22,23)/b18-8-. The van der Waals surface area contributed by atoms with E-state index in [-0.39, 0.29) is 11.6 Å². The molecule has 9 heteroatoms. The molecule has 0 aliphatic carbocycles. The molecule has 1 aromatic carbocycles. The SMILES string of the molecule is Cc1occc1-c1nnc(SCC(=O)O)n1/N=C\c1cccc(F)c1. The first-order valence-electron chi connectivity index (χ1n) is 7.19. The molecule has 0 amide bonds. The van der Waals surface area contributed by atoms with E-state index in [4.69, 9.17) is 9.52 Å². The minimum absolute atomic E-state index is 0.183. The molecule has 3 aromatic rings. The van der Waals surface area contributed by atoms with Crippen molar-refractivity contribution in [1.29, 1.82) is 0 Å². The number of carbonyl (C=O) groups is 1. The molecule has 0 aliphatic rings. The van der Waals surface area contributed by atoms with Gasteiger partial charge in [0.25, 0.3) is 0 Å². The van der Waals surface area contributed by atoms with Crippen molar-refractivity contribution in [3.8, 4) is 11.4 Å². The first-order valence-corrected chi connectivity index (χ1v) is 8.17. The number of aromatic nitrogens is 3. The van der Waals surface area contributed by atoms with Gasteiger partial charge in [0, 0.05) is 0 Å². The molecule has 0 radical (unpaired) electrons. The number of benzene rings is 1. The molecule has 0 unspecified atom stereocenters. The number of aryl methyl sites for hydroxylation is 1. The highest BCUT2D eigenvalue weighted by atomic mass is 32.2. The van der Waals surface area contributed by atoms with E-state index in [2.05, 4.69) is 15.3 Å². The number of thioether (sulfide) groups is 1. The Labute approximate surface area is 146 Å². The van der Waals surface area contributed by atoms with E-state index in [0.717, 1.165) is 11.8 Å². The molecule has 0 saturated heterocycles. The van der Waals surface area contributed by atoms with Crippen molar-refractivity contribution >= 4 is 23.9 Å². The second-order valence-electron chi connectivity index (χ2n) is 4.99. The van der Waals surface area contributed by atoms with Crippen LogP contribution < -0.4 is 0 Å². The van der Waals surface area contributed by atoms with Crippen LogP contribution in [-0.4, -0.2) is 37.9 Å². The second kappa shape index (κ2) is 7.31. The Morgan fingerprint density at radius 1 is 1.44 bits per heavy atom. The van der Waals surface area contributed by atoms with E-state index in [1.54, 1.807) is 25.1 Å². The molecule has 3 rings (SSSR count). The number of hydrogen-bond donors (Lipinski definition) is 1. The molecule has 1 N–H and O–H groups in total. The topological polar surface area (TPSA) is 93.5 Å². The average Bonchev–Trinajstić information content (AvgIpc) is 3.16. The van der Waals surface area contributed by atoms with E-state index in [9.17, 15) is 9.18 Å². The highest BCUT2D eigenvalue weighted by molar-refractivity contribution is 7.99. The monoisotopic (exact) mass is 360 g/mol. The number of hydrogen-bond acceptors (Lipinski definition) is 6. The van der Waals surface area contributed by atoms with Crippen LogP contribution in [0, 0.1) is 12.7 Å². The predicted molar refractivity (Wildman–Crippen MR) is 90.2 cm³/mol. The highest BCUT2D eigenvalue weighted by Crippen LogP contribution is 2.26. The summed E-state index contributed by atoms with van der Waals surface area (Å²) in [5, 5.41) is 21.6. The molecule has 0 fully saturated rings. The van der Waals surface area contributed by atoms with Gasteiger partial charge in [-0.2, -0.15) is 9.78 Å². The Bertz CT molecular complexity index is 935. The van der Waals surface area contributed by atoms with Crippen molar-refractivity contribution < 1.29 is 18.7 Å². The number of carboxylic acid groups (broad SMARTS) is 1. The maximum atomic E-state index is 13.3. The number of furan rings is 1. The minimum atomic E-state index is -0.977. The molecule has 128 valence electrons. The Kier molecular flexibility index (Phi) is 4.94. The second-order valence-corrected chi connectivity index (χ2v) is 5.93. The predicted octanol–water partition coefficient (Wildman–Crippen LogP) is 3.04. The van der Waals surface area contributed by atoms with Crippen molar-refractivity contribution in [3.05, 3.63) is 53.7 Å². The van der Waals surface area contributed by atoms with E-state index >= 15 is 0 Å². The van der Waals surface area contributed by atoms with Crippen molar-refractivity contribution in [2.45, 2.75) is 12.1 Å². The third-order valence-corrected chi connectivity index (χ3v) is 4.11. The van der Waals surface area contributed by atoms with Crippen LogP contribution in [0.4, 0.5) is 4.39 Å². The Hall–Kier alpha value is -2.94. The lowest BCUT2D eigenvalue weighted by Crippen LogP contribution is -2.01. The maximum absolute atomic E-state index is 13.3. The Morgan fingerprint density at radius 2 is 2.28 bits per heavy atom. The molecule has 7 nitrogen and oxygen atoms in total. The van der Waals surface area contributed by atoms with Gasteiger partial charge in [-0.25, -0.2) is 4.39 Å². The summed E-state index contributed by atoms with van der Waals surface area (Å²) in [7, 11) is 0. The van der Waals surface area contributed by atoms with Crippen molar-refractivity contribution in [3.63, 3.8) is 0 Å². The number of rotatable bonds is 6. The van der Waals surface area contributed by atoms with Crippen LogP contribution in [0.1, 0.15) is 11.3 Å². The molecule has 0 atom stereocenters. The summed E-state index contributed by atoms with van der Waals surface area (Å²) in [4.78, 5) is 10.8. The molecule has 25 heavy (non-hydrogen) atoms. The van der Waals surface area contributed by atoms with Crippen LogP contribution >= 0.6 is 11.8 Å². The zero-order valence-corrected chi connectivity index (χ0v) is 13.9. The highest BCUT2D eigenvalue weighted by Gasteiger charge is 2.18. The van der Waals surface area contributed by atoms with Crippen molar-refractivity contribution in [1.82, 2.24) is 14.9 Å². The summed E-state index contributed by atoms with van der Waals surface area (Å²) in [5.74, 6) is -0.497. The zero-order chi connectivity index (χ0) is 17.8. The van der Waals surface area contributed by atoms with Gasteiger partial charge in [0.05, 0.1) is 23.8 Å². The Morgan fingerprint density at radius 3 is 2.96 bits per heavy atom. The summed E-state index contributed by atoms with van der Waals surface area (Å²) < 4.78 is 20.0. The van der Waals surface area contributed by atoms with Gasteiger partial charge in [0.15, 0.2) is 5.82 Å².